The van der Waals surface area contributed by atoms with Crippen molar-refractivity contribution in [2.45, 2.75) is 52.4 Å². The smallest absolute Gasteiger partial charge is 0.138 e. The van der Waals surface area contributed by atoms with Crippen LogP contribution in [0.25, 0.3) is 49.4 Å². The monoisotopic (exact) mass is 575 g/mol. The molecule has 0 unspecified atom stereocenters. The second-order valence-corrected chi connectivity index (χ2v) is 14.3. The van der Waals surface area contributed by atoms with Gasteiger partial charge >= 0.3 is 0 Å². The van der Waals surface area contributed by atoms with Crippen LogP contribution in [0, 0.1) is 0 Å². The molecule has 0 N–H and O–H groups in total. The fourth-order valence-corrected chi connectivity index (χ4v) is 7.00. The number of aromatic nitrogens is 1. The van der Waals surface area contributed by atoms with Gasteiger partial charge in [0.15, 0.2) is 0 Å². The maximum Gasteiger partial charge on any atom is 0.138 e. The highest BCUT2D eigenvalue weighted by atomic mass is 16.3. The molecule has 0 atom stereocenters. The molecule has 6 aromatic rings. The SMILES string of the molecule is [B]c1c([B])c([B])c2c(oc3c(C(C)(C)C)c([B])c(-n4c5c([B])c([B])c([B])c([B])c5c5c([B])c([B])c([B])c([B])c54)c([B])c32)c1C(C)(C)C. The van der Waals surface area contributed by atoms with Crippen molar-refractivity contribution in [1.82, 2.24) is 4.57 Å². The summed E-state index contributed by atoms with van der Waals surface area (Å²) in [5.41, 5.74) is 3.64. The minimum atomic E-state index is -0.618. The van der Waals surface area contributed by atoms with Crippen LogP contribution in [0.5, 0.6) is 0 Å². The van der Waals surface area contributed by atoms with Gasteiger partial charge in [0.25, 0.3) is 0 Å². The zero-order valence-corrected chi connectivity index (χ0v) is 27.4. The van der Waals surface area contributed by atoms with Gasteiger partial charge in [-0.1, -0.05) is 85.2 Å². The fraction of sp³-hybridized carbons (Fsp3) is 0.250. The fourth-order valence-electron chi connectivity index (χ4n) is 7.00. The van der Waals surface area contributed by atoms with Gasteiger partial charge in [-0.05, 0) is 32.7 Å². The molecule has 2 heterocycles. The van der Waals surface area contributed by atoms with E-state index in [9.17, 15) is 0 Å². The van der Waals surface area contributed by atoms with Crippen LogP contribution in [-0.2, 0) is 10.8 Å². The summed E-state index contributed by atoms with van der Waals surface area (Å²) < 4.78 is 8.36. The average molecular weight is 573 g/mol. The normalized spacial score (nSPS) is 12.7. The molecule has 0 amide bonds. The molecule has 0 spiro atoms. The highest BCUT2D eigenvalue weighted by Crippen LogP contribution is 2.39. The van der Waals surface area contributed by atoms with Gasteiger partial charge in [-0.25, -0.2) is 0 Å². The number of nitrogens with zero attached hydrogens (tertiary/aromatic N) is 1. The Morgan fingerprint density at radius 2 is 0.681 bits per heavy atom. The van der Waals surface area contributed by atoms with E-state index >= 15 is 0 Å². The third-order valence-electron chi connectivity index (χ3n) is 9.21. The summed E-state index contributed by atoms with van der Waals surface area (Å²) in [6.07, 6.45) is 0. The summed E-state index contributed by atoms with van der Waals surface area (Å²) in [6, 6.07) is 0. The molecule has 0 saturated carbocycles. The van der Waals surface area contributed by atoms with Crippen molar-refractivity contribution in [3.8, 4) is 5.69 Å². The van der Waals surface area contributed by atoms with Gasteiger partial charge in [-0.15, -0.1) is 27.3 Å². The van der Waals surface area contributed by atoms with Gasteiger partial charge in [0.05, 0.1) is 0 Å². The molecule has 15 heteroatoms. The number of benzene rings is 4. The molecule has 26 radical (unpaired) electrons. The van der Waals surface area contributed by atoms with Crippen LogP contribution in [-0.4, -0.2) is 107 Å². The molecule has 6 rings (SSSR count). The van der Waals surface area contributed by atoms with E-state index in [1.165, 1.54) is 0 Å². The molecule has 2 aromatic heterocycles. The molecule has 196 valence electrons. The van der Waals surface area contributed by atoms with Gasteiger partial charge < -0.3 is 8.98 Å². The van der Waals surface area contributed by atoms with Crippen LogP contribution >= 0.6 is 0 Å². The van der Waals surface area contributed by atoms with E-state index in [1.807, 2.05) is 41.5 Å². The first-order chi connectivity index (χ1) is 21.6. The Kier molecular flexibility index (Phi) is 7.76. The van der Waals surface area contributed by atoms with Crippen LogP contribution < -0.4 is 71.0 Å². The van der Waals surface area contributed by atoms with Crippen LogP contribution in [0.4, 0.5) is 0 Å². The average Bonchev–Trinajstić information content (AvgIpc) is 3.51. The molecule has 2 nitrogen and oxygen atoms in total. The Labute approximate surface area is 293 Å². The Bertz CT molecular complexity index is 2330. The number of hydrogen-bond acceptors (Lipinski definition) is 1. The molecule has 0 saturated heterocycles. The summed E-state index contributed by atoms with van der Waals surface area (Å²) in [7, 11) is 86.4. The second kappa shape index (κ2) is 10.7. The highest BCUT2D eigenvalue weighted by molar-refractivity contribution is 6.72. The van der Waals surface area contributed by atoms with Crippen molar-refractivity contribution < 1.29 is 4.42 Å². The highest BCUT2D eigenvalue weighted by Gasteiger charge is 2.33. The maximum absolute atomic E-state index is 7.20. The first-order valence-electron chi connectivity index (χ1n) is 14.8. The lowest BCUT2D eigenvalue weighted by molar-refractivity contribution is 0.561. The zero-order chi connectivity index (χ0) is 35.1. The van der Waals surface area contributed by atoms with E-state index in [2.05, 4.69) is 0 Å². The summed E-state index contributed by atoms with van der Waals surface area (Å²) >= 11 is 0. The van der Waals surface area contributed by atoms with Crippen molar-refractivity contribution >= 4 is 217 Å². The Morgan fingerprint density at radius 1 is 0.362 bits per heavy atom. The van der Waals surface area contributed by atoms with E-state index in [0.717, 1.165) is 0 Å². The molecular weight excluding hydrogens is 555 g/mol. The summed E-state index contributed by atoms with van der Waals surface area (Å²) in [6.45, 7) is 12.0. The lowest BCUT2D eigenvalue weighted by Gasteiger charge is -2.28. The van der Waals surface area contributed by atoms with E-state index < -0.39 is 10.8 Å². The molecule has 4 aromatic carbocycles. The molecule has 0 aliphatic rings. The van der Waals surface area contributed by atoms with Crippen molar-refractivity contribution in [3.05, 3.63) is 11.1 Å². The predicted molar refractivity (Wildman–Crippen MR) is 216 cm³/mol. The molecular formula is C32H18B13NO. The number of hydrogen-bond donors (Lipinski definition) is 0. The Hall–Kier alpha value is -2.68. The molecule has 47 heavy (non-hydrogen) atoms. The molecule has 0 aliphatic carbocycles. The van der Waals surface area contributed by atoms with Crippen LogP contribution in [0.3, 0.4) is 0 Å². The van der Waals surface area contributed by atoms with Crippen LogP contribution in [0.15, 0.2) is 4.42 Å². The van der Waals surface area contributed by atoms with E-state index in [0.29, 0.717) is 60.3 Å². The van der Waals surface area contributed by atoms with Crippen molar-refractivity contribution in [3.63, 3.8) is 0 Å². The second-order valence-electron chi connectivity index (χ2n) is 14.3. The number of rotatable bonds is 1. The lowest BCUT2D eigenvalue weighted by atomic mass is 9.63. The van der Waals surface area contributed by atoms with Crippen molar-refractivity contribution in [2.24, 2.45) is 0 Å². The Morgan fingerprint density at radius 3 is 1.09 bits per heavy atom. The Balaban J connectivity index is 2.03. The van der Waals surface area contributed by atoms with E-state index in [1.54, 1.807) is 4.57 Å². The predicted octanol–water partition coefficient (Wildman–Crippen LogP) is -6.40. The van der Waals surface area contributed by atoms with Crippen molar-refractivity contribution in [2.75, 3.05) is 0 Å². The number of furan rings is 1. The van der Waals surface area contributed by atoms with E-state index in [-0.39, 0.29) is 71.2 Å². The summed E-state index contributed by atoms with van der Waals surface area (Å²) in [4.78, 5) is 0. The number of fused-ring (bicyclic) bond motifs is 6. The topological polar surface area (TPSA) is 18.1 Å². The standard InChI is InChI=1S/C32H18B13NO/c1-31(2,3)11-17(37)19(39)15(35)9-10-16(36)28(18(38)12(32(4,5)6)30(10)47-29(9)11)46-26-7(13(33)20(40)22(42)24(26)44)8-14(34)21(41)23(43)25(45)27(8)46/h1-6H3. The maximum atomic E-state index is 7.20. The minimum absolute atomic E-state index is 0.0440. The van der Waals surface area contributed by atoms with Gasteiger partial charge in [0.2, 0.25) is 0 Å². The van der Waals surface area contributed by atoms with Crippen LogP contribution in [0.1, 0.15) is 52.7 Å². The third kappa shape index (κ3) is 4.42. The zero-order valence-electron chi connectivity index (χ0n) is 27.4. The largest absolute Gasteiger partial charge is 0.456 e. The molecule has 0 fully saturated rings. The first kappa shape index (κ1) is 34.2. The van der Waals surface area contributed by atoms with E-state index in [4.69, 9.17) is 106 Å². The minimum Gasteiger partial charge on any atom is -0.456 e. The molecule has 0 bridgehead atoms. The molecule has 0 aliphatic heterocycles. The van der Waals surface area contributed by atoms with Gasteiger partial charge in [0.1, 0.15) is 113 Å². The van der Waals surface area contributed by atoms with Crippen LogP contribution in [0.2, 0.25) is 0 Å². The summed E-state index contributed by atoms with van der Waals surface area (Å²) in [5, 5.41) is 1.64. The van der Waals surface area contributed by atoms with Crippen molar-refractivity contribution in [1.29, 1.82) is 0 Å². The van der Waals surface area contributed by atoms with Gasteiger partial charge in [-0.2, -0.15) is 0 Å². The summed E-state index contributed by atoms with van der Waals surface area (Å²) in [5.74, 6) is 0. The van der Waals surface area contributed by atoms with Gasteiger partial charge in [0, 0.05) is 27.5 Å². The quantitative estimate of drug-likeness (QED) is 0.179. The first-order valence-corrected chi connectivity index (χ1v) is 14.8. The van der Waals surface area contributed by atoms with Gasteiger partial charge in [-0.3, -0.25) is 0 Å². The third-order valence-corrected chi connectivity index (χ3v) is 9.21. The lowest BCUT2D eigenvalue weighted by Crippen LogP contribution is -2.49.